The molecule has 18 heavy (non-hydrogen) atoms. The van der Waals surface area contributed by atoms with E-state index in [-0.39, 0.29) is 5.54 Å². The Morgan fingerprint density at radius 2 is 2.44 bits per heavy atom. The molecule has 1 aliphatic heterocycles. The molecule has 6 nitrogen and oxygen atoms in total. The number of methoxy groups -OCH3 is 1. The number of carbonyl (C=O) groups excluding carboxylic acids is 1. The fraction of sp³-hybridized carbons (Fsp3) is 0.500. The van der Waals surface area contributed by atoms with Crippen molar-refractivity contribution in [3.05, 3.63) is 17.8 Å². The quantitative estimate of drug-likeness (QED) is 0.781. The van der Waals surface area contributed by atoms with E-state index in [1.54, 1.807) is 6.07 Å². The maximum atomic E-state index is 11.5. The molecule has 0 spiro atoms. The number of hydrogen-bond donors (Lipinski definition) is 2. The number of pyridine rings is 1. The zero-order valence-electron chi connectivity index (χ0n) is 10.5. The lowest BCUT2D eigenvalue weighted by Gasteiger charge is -2.24. The third kappa shape index (κ3) is 2.53. The summed E-state index contributed by atoms with van der Waals surface area (Å²) in [7, 11) is 1.32. The molecule has 2 heterocycles. The van der Waals surface area contributed by atoms with Crippen LogP contribution < -0.4 is 11.1 Å². The number of nitrogens with one attached hydrogen (secondary N) is 1. The van der Waals surface area contributed by atoms with Crippen molar-refractivity contribution in [2.45, 2.75) is 18.9 Å². The highest BCUT2D eigenvalue weighted by Gasteiger charge is 2.30. The summed E-state index contributed by atoms with van der Waals surface area (Å²) in [5.41, 5.74) is 6.16. The number of rotatable bonds is 3. The molecule has 6 heteroatoms. The van der Waals surface area contributed by atoms with E-state index in [2.05, 4.69) is 22.0 Å². The number of ether oxygens (including phenoxy) is 2. The first kappa shape index (κ1) is 12.6. The summed E-state index contributed by atoms with van der Waals surface area (Å²) in [5.74, 6) is 0.128. The van der Waals surface area contributed by atoms with Gasteiger partial charge in [-0.2, -0.15) is 0 Å². The molecule has 1 unspecified atom stereocenters. The number of hydrogen-bond acceptors (Lipinski definition) is 6. The predicted octanol–water partition coefficient (Wildman–Crippen LogP) is 1.04. The molecule has 0 aliphatic carbocycles. The second kappa shape index (κ2) is 4.81. The van der Waals surface area contributed by atoms with Gasteiger partial charge in [0.05, 0.1) is 36.7 Å². The van der Waals surface area contributed by atoms with Crippen LogP contribution in [0.5, 0.6) is 0 Å². The topological polar surface area (TPSA) is 86.5 Å². The molecule has 1 atom stereocenters. The normalized spacial score (nSPS) is 22.8. The summed E-state index contributed by atoms with van der Waals surface area (Å²) >= 11 is 0. The number of esters is 1. The molecule has 0 saturated carbocycles. The van der Waals surface area contributed by atoms with Crippen LogP contribution >= 0.6 is 0 Å². The Morgan fingerprint density at radius 3 is 3.06 bits per heavy atom. The van der Waals surface area contributed by atoms with E-state index in [4.69, 9.17) is 10.5 Å². The highest BCUT2D eigenvalue weighted by Crippen LogP contribution is 2.24. The van der Waals surface area contributed by atoms with Crippen molar-refractivity contribution in [1.82, 2.24) is 4.98 Å². The van der Waals surface area contributed by atoms with E-state index in [9.17, 15) is 4.79 Å². The molecule has 2 rings (SSSR count). The van der Waals surface area contributed by atoms with Gasteiger partial charge in [-0.1, -0.05) is 0 Å². The van der Waals surface area contributed by atoms with Crippen molar-refractivity contribution < 1.29 is 14.3 Å². The smallest absolute Gasteiger partial charge is 0.340 e. The van der Waals surface area contributed by atoms with Crippen LogP contribution in [-0.2, 0) is 9.47 Å². The molecular formula is C12H17N3O3. The van der Waals surface area contributed by atoms with Crippen LogP contribution in [0.25, 0.3) is 0 Å². The summed E-state index contributed by atoms with van der Waals surface area (Å²) in [6, 6.07) is 1.60. The highest BCUT2D eigenvalue weighted by atomic mass is 16.5. The molecule has 1 aliphatic rings. The van der Waals surface area contributed by atoms with Crippen molar-refractivity contribution in [1.29, 1.82) is 0 Å². The number of nitrogens with zero attached hydrogens (tertiary/aromatic N) is 1. The summed E-state index contributed by atoms with van der Waals surface area (Å²) in [6.07, 6.45) is 2.35. The van der Waals surface area contributed by atoms with Crippen LogP contribution in [-0.4, -0.2) is 36.8 Å². The molecule has 3 N–H and O–H groups in total. The van der Waals surface area contributed by atoms with Gasteiger partial charge in [-0.25, -0.2) is 9.78 Å². The lowest BCUT2D eigenvalue weighted by Crippen LogP contribution is -2.35. The van der Waals surface area contributed by atoms with Gasteiger partial charge in [0.2, 0.25) is 0 Å². The number of anilines is 2. The Bertz CT molecular complexity index is 456. The molecule has 1 aromatic rings. The number of aromatic nitrogens is 1. The third-order valence-electron chi connectivity index (χ3n) is 2.99. The second-order valence-electron chi connectivity index (χ2n) is 4.64. The summed E-state index contributed by atoms with van der Waals surface area (Å²) < 4.78 is 10.0. The van der Waals surface area contributed by atoms with Crippen molar-refractivity contribution >= 4 is 17.5 Å². The van der Waals surface area contributed by atoms with Crippen LogP contribution in [0.4, 0.5) is 11.5 Å². The minimum absolute atomic E-state index is 0.156. The predicted molar refractivity (Wildman–Crippen MR) is 67.5 cm³/mol. The summed E-state index contributed by atoms with van der Waals surface area (Å²) in [4.78, 5) is 15.7. The minimum atomic E-state index is -0.467. The Morgan fingerprint density at radius 1 is 1.67 bits per heavy atom. The fourth-order valence-corrected chi connectivity index (χ4v) is 1.90. The van der Waals surface area contributed by atoms with Crippen LogP contribution in [0.1, 0.15) is 23.7 Å². The molecular weight excluding hydrogens is 234 g/mol. The van der Waals surface area contributed by atoms with Crippen LogP contribution in [0.3, 0.4) is 0 Å². The van der Waals surface area contributed by atoms with E-state index in [1.165, 1.54) is 13.3 Å². The fourth-order valence-electron chi connectivity index (χ4n) is 1.90. The van der Waals surface area contributed by atoms with Gasteiger partial charge < -0.3 is 20.5 Å². The average Bonchev–Trinajstić information content (AvgIpc) is 2.77. The Labute approximate surface area is 105 Å². The van der Waals surface area contributed by atoms with Gasteiger partial charge in [0, 0.05) is 6.61 Å². The van der Waals surface area contributed by atoms with Gasteiger partial charge in [-0.15, -0.1) is 0 Å². The standard InChI is InChI=1S/C12H17N3O3/c1-12(3-4-18-7-12)15-10-5-8(11(16)17-2)9(13)6-14-10/h5-6H,3-4,7,13H2,1-2H3,(H,14,15). The summed E-state index contributed by atoms with van der Waals surface area (Å²) in [6.45, 7) is 3.39. The molecule has 0 amide bonds. The van der Waals surface area contributed by atoms with Gasteiger partial charge in [0.25, 0.3) is 0 Å². The first-order valence-corrected chi connectivity index (χ1v) is 5.74. The van der Waals surface area contributed by atoms with E-state index >= 15 is 0 Å². The van der Waals surface area contributed by atoms with E-state index in [1.807, 2.05) is 0 Å². The van der Waals surface area contributed by atoms with Gasteiger partial charge in [0.1, 0.15) is 5.82 Å². The third-order valence-corrected chi connectivity index (χ3v) is 2.99. The Balaban J connectivity index is 2.21. The van der Waals surface area contributed by atoms with E-state index in [0.717, 1.165) is 13.0 Å². The number of nitrogen functional groups attached to an aromatic ring is 1. The van der Waals surface area contributed by atoms with Gasteiger partial charge >= 0.3 is 5.97 Å². The average molecular weight is 251 g/mol. The molecule has 0 aromatic carbocycles. The van der Waals surface area contributed by atoms with Crippen molar-refractivity contribution in [2.24, 2.45) is 0 Å². The molecule has 98 valence electrons. The van der Waals surface area contributed by atoms with Crippen LogP contribution in [0, 0.1) is 0 Å². The van der Waals surface area contributed by atoms with Gasteiger partial charge in [-0.3, -0.25) is 0 Å². The lowest BCUT2D eigenvalue weighted by atomic mass is 10.0. The van der Waals surface area contributed by atoms with E-state index < -0.39 is 5.97 Å². The van der Waals surface area contributed by atoms with Crippen LogP contribution in [0.2, 0.25) is 0 Å². The Hall–Kier alpha value is -1.82. The molecule has 1 aromatic heterocycles. The lowest BCUT2D eigenvalue weighted by molar-refractivity contribution is 0.0602. The largest absolute Gasteiger partial charge is 0.465 e. The zero-order chi connectivity index (χ0) is 13.2. The van der Waals surface area contributed by atoms with Crippen LogP contribution in [0.15, 0.2) is 12.3 Å². The van der Waals surface area contributed by atoms with Crippen molar-refractivity contribution in [2.75, 3.05) is 31.4 Å². The highest BCUT2D eigenvalue weighted by molar-refractivity contribution is 5.95. The molecule has 1 saturated heterocycles. The molecule has 0 radical (unpaired) electrons. The second-order valence-corrected chi connectivity index (χ2v) is 4.64. The first-order chi connectivity index (χ1) is 8.54. The van der Waals surface area contributed by atoms with Crippen molar-refractivity contribution in [3.63, 3.8) is 0 Å². The monoisotopic (exact) mass is 251 g/mol. The van der Waals surface area contributed by atoms with Gasteiger partial charge in [0.15, 0.2) is 0 Å². The maximum Gasteiger partial charge on any atom is 0.340 e. The summed E-state index contributed by atoms with van der Waals surface area (Å²) in [5, 5.41) is 3.26. The zero-order valence-corrected chi connectivity index (χ0v) is 10.5. The molecule has 0 bridgehead atoms. The SMILES string of the molecule is COC(=O)c1cc(NC2(C)CCOC2)ncc1N. The minimum Gasteiger partial charge on any atom is -0.465 e. The molecule has 1 fully saturated rings. The number of nitrogens with two attached hydrogens (primary N) is 1. The number of carbonyl (C=O) groups is 1. The van der Waals surface area contributed by atoms with Crippen molar-refractivity contribution in [3.8, 4) is 0 Å². The van der Waals surface area contributed by atoms with E-state index in [0.29, 0.717) is 23.7 Å². The van der Waals surface area contributed by atoms with Gasteiger partial charge in [-0.05, 0) is 19.4 Å². The Kier molecular flexibility index (Phi) is 3.38. The maximum absolute atomic E-state index is 11.5. The first-order valence-electron chi connectivity index (χ1n) is 5.74.